The second-order valence-electron chi connectivity index (χ2n) is 10.5. The van der Waals surface area contributed by atoms with Crippen molar-refractivity contribution < 1.29 is 9.59 Å². The summed E-state index contributed by atoms with van der Waals surface area (Å²) in [6.45, 7) is 10.5. The van der Waals surface area contributed by atoms with Crippen LogP contribution in [-0.2, 0) is 13.0 Å². The van der Waals surface area contributed by atoms with Crippen LogP contribution < -0.4 is 4.72 Å². The maximum Gasteiger partial charge on any atom is 0.260 e. The van der Waals surface area contributed by atoms with Crippen molar-refractivity contribution in [2.24, 2.45) is 5.92 Å². The minimum absolute atomic E-state index is 0.0907. The smallest absolute Gasteiger partial charge is 0.260 e. The van der Waals surface area contributed by atoms with Crippen molar-refractivity contribution in [3.8, 4) is 0 Å². The first-order valence-electron chi connectivity index (χ1n) is 13.6. The number of benzene rings is 2. The van der Waals surface area contributed by atoms with Gasteiger partial charge in [-0.3, -0.25) is 14.3 Å². The summed E-state index contributed by atoms with van der Waals surface area (Å²) in [7, 11) is 0. The molecule has 5 nitrogen and oxygen atoms in total. The average Bonchev–Trinajstić information content (AvgIpc) is 2.91. The fourth-order valence-electron chi connectivity index (χ4n) is 4.84. The van der Waals surface area contributed by atoms with E-state index in [0.29, 0.717) is 18.0 Å². The van der Waals surface area contributed by atoms with E-state index in [4.69, 9.17) is 0 Å². The van der Waals surface area contributed by atoms with Crippen LogP contribution in [0.1, 0.15) is 91.1 Å². The molecule has 1 fully saturated rings. The third kappa shape index (κ3) is 8.38. The predicted molar refractivity (Wildman–Crippen MR) is 151 cm³/mol. The number of amides is 2. The van der Waals surface area contributed by atoms with Gasteiger partial charge < -0.3 is 9.80 Å². The number of carbonyl (C=O) groups excluding carboxylic acids is 2. The lowest BCUT2D eigenvalue weighted by Gasteiger charge is -2.39. The summed E-state index contributed by atoms with van der Waals surface area (Å²) in [5, 5.41) is 0. The first-order chi connectivity index (χ1) is 17.4. The molecule has 0 radical (unpaired) electrons. The summed E-state index contributed by atoms with van der Waals surface area (Å²) in [4.78, 5) is 30.2. The lowest BCUT2D eigenvalue weighted by atomic mass is 9.99. The van der Waals surface area contributed by atoms with Crippen molar-refractivity contribution >= 4 is 24.6 Å². The number of thiol groups is 1. The molecule has 196 valence electrons. The monoisotopic (exact) mass is 509 g/mol. The van der Waals surface area contributed by atoms with Crippen LogP contribution in [0.3, 0.4) is 0 Å². The Morgan fingerprint density at radius 1 is 0.972 bits per heavy atom. The lowest BCUT2D eigenvalue weighted by Crippen LogP contribution is -2.47. The maximum atomic E-state index is 13.8. The van der Waals surface area contributed by atoms with Crippen molar-refractivity contribution in [1.29, 1.82) is 0 Å². The van der Waals surface area contributed by atoms with Crippen LogP contribution in [0.5, 0.6) is 0 Å². The zero-order valence-electron chi connectivity index (χ0n) is 22.2. The Morgan fingerprint density at radius 2 is 1.58 bits per heavy atom. The molecule has 0 atom stereocenters. The van der Waals surface area contributed by atoms with Crippen molar-refractivity contribution in [3.63, 3.8) is 0 Å². The van der Waals surface area contributed by atoms with Crippen molar-refractivity contribution in [2.45, 2.75) is 78.3 Å². The fraction of sp³-hybridized carbons (Fsp3) is 0.533. The summed E-state index contributed by atoms with van der Waals surface area (Å²) < 4.78 is 2.36. The zero-order valence-corrected chi connectivity index (χ0v) is 23.1. The molecule has 0 spiro atoms. The summed E-state index contributed by atoms with van der Waals surface area (Å²) in [5.74, 6) is 0.567. The molecule has 1 N–H and O–H groups in total. The molecule has 0 saturated carbocycles. The molecule has 0 bridgehead atoms. The molecule has 3 rings (SSSR count). The minimum atomic E-state index is -0.231. The topological polar surface area (TPSA) is 52.7 Å². The molecule has 1 saturated heterocycles. The van der Waals surface area contributed by atoms with Crippen LogP contribution in [0.2, 0.25) is 0 Å². The van der Waals surface area contributed by atoms with Gasteiger partial charge in [-0.25, -0.2) is 0 Å². The molecule has 1 aliphatic rings. The molecular weight excluding hydrogens is 466 g/mol. The number of rotatable bonds is 12. The third-order valence-electron chi connectivity index (χ3n) is 7.22. The van der Waals surface area contributed by atoms with Crippen LogP contribution in [-0.4, -0.2) is 47.3 Å². The van der Waals surface area contributed by atoms with E-state index in [1.807, 2.05) is 24.3 Å². The van der Waals surface area contributed by atoms with Crippen LogP contribution in [0.25, 0.3) is 0 Å². The third-order valence-corrected chi connectivity index (χ3v) is 7.42. The van der Waals surface area contributed by atoms with E-state index in [9.17, 15) is 9.59 Å². The summed E-state index contributed by atoms with van der Waals surface area (Å²) in [5.41, 5.74) is 3.63. The van der Waals surface area contributed by atoms with Crippen molar-refractivity contribution in [3.05, 3.63) is 70.8 Å². The second kappa shape index (κ2) is 14.4. The first kappa shape index (κ1) is 28.3. The quantitative estimate of drug-likeness (QED) is 0.267. The fourth-order valence-corrected chi connectivity index (χ4v) is 4.97. The van der Waals surface area contributed by atoms with E-state index in [0.717, 1.165) is 50.0 Å². The van der Waals surface area contributed by atoms with Gasteiger partial charge in [0.1, 0.15) is 0 Å². The number of nitrogens with zero attached hydrogens (tertiary/aromatic N) is 2. The van der Waals surface area contributed by atoms with Gasteiger partial charge in [-0.2, -0.15) is 0 Å². The Kier molecular flexibility index (Phi) is 11.3. The molecular formula is C30H43N3O2S. The van der Waals surface area contributed by atoms with Gasteiger partial charge >= 0.3 is 0 Å². The van der Waals surface area contributed by atoms with Gasteiger partial charge in [-0.15, -0.1) is 0 Å². The Morgan fingerprint density at radius 3 is 2.17 bits per heavy atom. The largest absolute Gasteiger partial charge is 0.331 e. The highest BCUT2D eigenvalue weighted by molar-refractivity contribution is 7.78. The van der Waals surface area contributed by atoms with E-state index in [2.05, 4.69) is 60.2 Å². The van der Waals surface area contributed by atoms with E-state index in [-0.39, 0.29) is 17.9 Å². The Hall–Kier alpha value is -2.31. The number of hydrogen-bond donors (Lipinski definition) is 2. The number of piperidine rings is 1. The molecule has 0 aromatic heterocycles. The van der Waals surface area contributed by atoms with E-state index in [1.165, 1.54) is 31.2 Å². The van der Waals surface area contributed by atoms with Crippen molar-refractivity contribution in [1.82, 2.24) is 14.5 Å². The average molecular weight is 510 g/mol. The molecule has 2 aromatic rings. The summed E-state index contributed by atoms with van der Waals surface area (Å²) >= 11 is 3.85. The SMILES string of the molecule is CCCCCc1ccc(C(=O)N(Cc2ccc(C(=O)NS)cc2)C2CCN(CCC(C)C)CC2)cc1. The number of unbranched alkanes of at least 4 members (excludes halogenated alkanes) is 2. The standard InChI is InChI=1S/C30H43N3O2S/c1-4-5-6-7-24-8-14-27(15-9-24)30(35)33(22-25-10-12-26(13-11-25)29(34)31-36)28-17-20-32(21-18-28)19-16-23(2)3/h8-15,23,28,36H,4-7,16-22H2,1-3H3,(H,31,34). The molecule has 36 heavy (non-hydrogen) atoms. The van der Waals surface area contributed by atoms with Gasteiger partial charge in [0.05, 0.1) is 0 Å². The van der Waals surface area contributed by atoms with Crippen LogP contribution in [0.4, 0.5) is 0 Å². The van der Waals surface area contributed by atoms with Gasteiger partial charge in [-0.1, -0.05) is 70.7 Å². The number of nitrogens with one attached hydrogen (secondary N) is 1. The molecule has 0 unspecified atom stereocenters. The molecule has 1 heterocycles. The highest BCUT2D eigenvalue weighted by Gasteiger charge is 2.29. The van der Waals surface area contributed by atoms with Crippen LogP contribution in [0, 0.1) is 5.92 Å². The normalized spacial score (nSPS) is 14.7. The first-order valence-corrected chi connectivity index (χ1v) is 14.0. The van der Waals surface area contributed by atoms with Crippen LogP contribution in [0.15, 0.2) is 48.5 Å². The van der Waals surface area contributed by atoms with Crippen molar-refractivity contribution in [2.75, 3.05) is 19.6 Å². The van der Waals surface area contributed by atoms with Gasteiger partial charge in [0.2, 0.25) is 0 Å². The van der Waals surface area contributed by atoms with Gasteiger partial charge in [-0.05, 0) is 80.0 Å². The second-order valence-corrected chi connectivity index (χ2v) is 10.7. The lowest BCUT2D eigenvalue weighted by molar-refractivity contribution is 0.0546. The number of carbonyl (C=O) groups is 2. The number of hydrogen-bond acceptors (Lipinski definition) is 4. The maximum absolute atomic E-state index is 13.8. The molecule has 0 aliphatic carbocycles. The van der Waals surface area contributed by atoms with Gasteiger partial charge in [0, 0.05) is 36.8 Å². The Labute approximate surface area is 223 Å². The number of likely N-dealkylation sites (tertiary alicyclic amines) is 1. The highest BCUT2D eigenvalue weighted by atomic mass is 32.1. The molecule has 2 amide bonds. The zero-order chi connectivity index (χ0) is 25.9. The predicted octanol–water partition coefficient (Wildman–Crippen LogP) is 6.15. The van der Waals surface area contributed by atoms with E-state index >= 15 is 0 Å². The summed E-state index contributed by atoms with van der Waals surface area (Å²) in [6, 6.07) is 15.9. The Balaban J connectivity index is 1.73. The van der Waals surface area contributed by atoms with Crippen LogP contribution >= 0.6 is 12.8 Å². The Bertz CT molecular complexity index is 951. The molecule has 2 aromatic carbocycles. The molecule has 6 heteroatoms. The number of aryl methyl sites for hydroxylation is 1. The van der Waals surface area contributed by atoms with E-state index in [1.54, 1.807) is 12.1 Å². The van der Waals surface area contributed by atoms with Gasteiger partial charge in [0.15, 0.2) is 0 Å². The molecule has 1 aliphatic heterocycles. The van der Waals surface area contributed by atoms with E-state index < -0.39 is 0 Å². The van der Waals surface area contributed by atoms with Gasteiger partial charge in [0.25, 0.3) is 11.8 Å². The minimum Gasteiger partial charge on any atom is -0.331 e. The highest BCUT2D eigenvalue weighted by Crippen LogP contribution is 2.23. The summed E-state index contributed by atoms with van der Waals surface area (Å²) in [6.07, 6.45) is 7.88.